The van der Waals surface area contributed by atoms with E-state index in [9.17, 15) is 9.59 Å². The van der Waals surface area contributed by atoms with E-state index in [0.717, 1.165) is 11.1 Å². The molecule has 0 heterocycles. The van der Waals surface area contributed by atoms with Crippen LogP contribution in [0.4, 0.5) is 0 Å². The van der Waals surface area contributed by atoms with Crippen molar-refractivity contribution in [3.8, 4) is 6.07 Å². The largest absolute Gasteiger partial charge is 0.467 e. The van der Waals surface area contributed by atoms with E-state index >= 15 is 0 Å². The van der Waals surface area contributed by atoms with Crippen molar-refractivity contribution in [3.05, 3.63) is 70.8 Å². The first-order chi connectivity index (χ1) is 12.7. The Morgan fingerprint density at radius 2 is 1.67 bits per heavy atom. The predicted octanol–water partition coefficient (Wildman–Crippen LogP) is 3.37. The van der Waals surface area contributed by atoms with Crippen LogP contribution in [0.1, 0.15) is 47.8 Å². The molecule has 0 fully saturated rings. The summed E-state index contributed by atoms with van der Waals surface area (Å²) in [5.41, 5.74) is 2.97. The minimum atomic E-state index is -0.808. The molecule has 0 spiro atoms. The van der Waals surface area contributed by atoms with Crippen molar-refractivity contribution in [1.82, 2.24) is 5.32 Å². The highest BCUT2D eigenvalue weighted by molar-refractivity contribution is 5.96. The summed E-state index contributed by atoms with van der Waals surface area (Å²) < 4.78 is 4.82. The van der Waals surface area contributed by atoms with Gasteiger partial charge in [0.25, 0.3) is 5.91 Å². The zero-order valence-corrected chi connectivity index (χ0v) is 16.1. The second-order valence-corrected chi connectivity index (χ2v) is 7.39. The van der Waals surface area contributed by atoms with Crippen molar-refractivity contribution in [1.29, 1.82) is 5.26 Å². The van der Waals surface area contributed by atoms with E-state index in [1.165, 1.54) is 7.11 Å². The Kier molecular flexibility index (Phi) is 6.36. The van der Waals surface area contributed by atoms with Crippen molar-refractivity contribution < 1.29 is 14.3 Å². The van der Waals surface area contributed by atoms with Gasteiger partial charge in [0.15, 0.2) is 0 Å². The van der Waals surface area contributed by atoms with E-state index in [-0.39, 0.29) is 17.7 Å². The molecule has 1 N–H and O–H groups in total. The SMILES string of the molecule is COC(=O)[C@H](Cc1ccc(C#N)cc1)NC(=O)c1ccc(C(C)(C)C)cc1. The van der Waals surface area contributed by atoms with E-state index < -0.39 is 12.0 Å². The first-order valence-electron chi connectivity index (χ1n) is 8.73. The number of nitrogens with zero attached hydrogens (tertiary/aromatic N) is 1. The first kappa shape index (κ1) is 20.2. The maximum atomic E-state index is 12.6. The molecule has 0 aliphatic heterocycles. The third-order valence-electron chi connectivity index (χ3n) is 4.33. The third kappa shape index (κ3) is 5.42. The molecule has 5 heteroatoms. The Bertz CT molecular complexity index is 841. The highest BCUT2D eigenvalue weighted by Gasteiger charge is 2.23. The molecule has 27 heavy (non-hydrogen) atoms. The average molecular weight is 364 g/mol. The van der Waals surface area contributed by atoms with Crippen LogP contribution in [-0.4, -0.2) is 25.0 Å². The lowest BCUT2D eigenvalue weighted by Crippen LogP contribution is -2.43. The van der Waals surface area contributed by atoms with E-state index in [1.54, 1.807) is 36.4 Å². The maximum Gasteiger partial charge on any atom is 0.328 e. The minimum absolute atomic E-state index is 0.000846. The van der Waals surface area contributed by atoms with E-state index in [0.29, 0.717) is 11.1 Å². The molecule has 1 atom stereocenters. The first-order valence-corrected chi connectivity index (χ1v) is 8.73. The summed E-state index contributed by atoms with van der Waals surface area (Å²) in [6.07, 6.45) is 0.282. The monoisotopic (exact) mass is 364 g/mol. The van der Waals surface area contributed by atoms with Crippen LogP contribution < -0.4 is 5.32 Å². The standard InChI is InChI=1S/C22H24N2O3/c1-22(2,3)18-11-9-17(10-12-18)20(25)24-19(21(26)27-4)13-15-5-7-16(14-23)8-6-15/h5-12,19H,13H2,1-4H3,(H,24,25)/t19-/m0/s1. The highest BCUT2D eigenvalue weighted by atomic mass is 16.5. The molecule has 0 aromatic heterocycles. The van der Waals surface area contributed by atoms with Crippen LogP contribution in [0.3, 0.4) is 0 Å². The summed E-state index contributed by atoms with van der Waals surface area (Å²) >= 11 is 0. The van der Waals surface area contributed by atoms with Gasteiger partial charge in [-0.2, -0.15) is 5.26 Å². The summed E-state index contributed by atoms with van der Waals surface area (Å²) in [6.45, 7) is 6.31. The van der Waals surface area contributed by atoms with Gasteiger partial charge in [-0.25, -0.2) is 4.79 Å². The van der Waals surface area contributed by atoms with Crippen molar-refractivity contribution in [2.75, 3.05) is 7.11 Å². The smallest absolute Gasteiger partial charge is 0.328 e. The Labute approximate surface area is 160 Å². The normalized spacial score (nSPS) is 12.0. The molecular weight excluding hydrogens is 340 g/mol. The molecule has 1 amide bonds. The lowest BCUT2D eigenvalue weighted by Gasteiger charge is -2.20. The second-order valence-electron chi connectivity index (χ2n) is 7.39. The van der Waals surface area contributed by atoms with E-state index in [1.807, 2.05) is 18.2 Å². The van der Waals surface area contributed by atoms with Gasteiger partial charge in [-0.05, 0) is 40.8 Å². The molecule has 2 aromatic rings. The van der Waals surface area contributed by atoms with Crippen LogP contribution >= 0.6 is 0 Å². The minimum Gasteiger partial charge on any atom is -0.467 e. The fourth-order valence-corrected chi connectivity index (χ4v) is 2.65. The fraction of sp³-hybridized carbons (Fsp3) is 0.318. The van der Waals surface area contributed by atoms with Crippen LogP contribution in [0.5, 0.6) is 0 Å². The maximum absolute atomic E-state index is 12.6. The highest BCUT2D eigenvalue weighted by Crippen LogP contribution is 2.22. The van der Waals surface area contributed by atoms with Gasteiger partial charge in [0.2, 0.25) is 0 Å². The number of hydrogen-bond donors (Lipinski definition) is 1. The number of rotatable bonds is 5. The molecule has 0 saturated heterocycles. The number of nitrogens with one attached hydrogen (secondary N) is 1. The lowest BCUT2D eigenvalue weighted by atomic mass is 9.86. The van der Waals surface area contributed by atoms with Gasteiger partial charge in [-0.1, -0.05) is 45.0 Å². The van der Waals surface area contributed by atoms with Crippen molar-refractivity contribution >= 4 is 11.9 Å². The zero-order valence-electron chi connectivity index (χ0n) is 16.1. The summed E-state index contributed by atoms with van der Waals surface area (Å²) in [5.74, 6) is -0.849. The number of ether oxygens (including phenoxy) is 1. The second kappa shape index (κ2) is 8.50. The van der Waals surface area contributed by atoms with Crippen LogP contribution in [0.25, 0.3) is 0 Å². The molecule has 140 valence electrons. The molecule has 0 unspecified atom stereocenters. The van der Waals surface area contributed by atoms with Gasteiger partial charge in [0, 0.05) is 12.0 Å². The van der Waals surface area contributed by atoms with Crippen LogP contribution in [0.15, 0.2) is 48.5 Å². The van der Waals surface area contributed by atoms with Crippen molar-refractivity contribution in [2.24, 2.45) is 0 Å². The quantitative estimate of drug-likeness (QED) is 0.825. The number of methoxy groups -OCH3 is 1. The molecular formula is C22H24N2O3. The molecule has 2 rings (SSSR count). The van der Waals surface area contributed by atoms with Gasteiger partial charge < -0.3 is 10.1 Å². The number of hydrogen-bond acceptors (Lipinski definition) is 4. The van der Waals surface area contributed by atoms with Gasteiger partial charge >= 0.3 is 5.97 Å². The number of carbonyl (C=O) groups excluding carboxylic acids is 2. The molecule has 0 aliphatic rings. The summed E-state index contributed by atoms with van der Waals surface area (Å²) in [6, 6.07) is 15.5. The number of carbonyl (C=O) groups is 2. The fourth-order valence-electron chi connectivity index (χ4n) is 2.65. The zero-order chi connectivity index (χ0) is 20.0. The van der Waals surface area contributed by atoms with Crippen LogP contribution in [0.2, 0.25) is 0 Å². The average Bonchev–Trinajstić information content (AvgIpc) is 2.66. The summed E-state index contributed by atoms with van der Waals surface area (Å²) in [5, 5.41) is 11.6. The van der Waals surface area contributed by atoms with Gasteiger partial charge in [-0.15, -0.1) is 0 Å². The molecule has 0 bridgehead atoms. The molecule has 0 aliphatic carbocycles. The van der Waals surface area contributed by atoms with Crippen molar-refractivity contribution in [2.45, 2.75) is 38.6 Å². The Morgan fingerprint density at radius 3 is 2.15 bits per heavy atom. The van der Waals surface area contributed by atoms with E-state index in [2.05, 4.69) is 26.1 Å². The van der Waals surface area contributed by atoms with Gasteiger partial charge in [0.1, 0.15) is 6.04 Å². The van der Waals surface area contributed by atoms with Gasteiger partial charge in [-0.3, -0.25) is 4.79 Å². The Hall–Kier alpha value is -3.13. The topological polar surface area (TPSA) is 79.2 Å². The predicted molar refractivity (Wildman–Crippen MR) is 103 cm³/mol. The molecule has 0 radical (unpaired) electrons. The molecule has 2 aromatic carbocycles. The van der Waals surface area contributed by atoms with Gasteiger partial charge in [0.05, 0.1) is 18.7 Å². The van der Waals surface area contributed by atoms with Crippen LogP contribution in [-0.2, 0) is 21.4 Å². The Balaban J connectivity index is 2.14. The molecule has 0 saturated carbocycles. The Morgan fingerprint density at radius 1 is 1.07 bits per heavy atom. The lowest BCUT2D eigenvalue weighted by molar-refractivity contribution is -0.142. The van der Waals surface area contributed by atoms with Crippen LogP contribution in [0, 0.1) is 11.3 Å². The third-order valence-corrected chi connectivity index (χ3v) is 4.33. The number of benzene rings is 2. The summed E-state index contributed by atoms with van der Waals surface area (Å²) in [4.78, 5) is 24.7. The van der Waals surface area contributed by atoms with E-state index in [4.69, 9.17) is 10.00 Å². The molecule has 5 nitrogen and oxygen atoms in total. The number of amides is 1. The van der Waals surface area contributed by atoms with Crippen molar-refractivity contribution in [3.63, 3.8) is 0 Å². The number of nitriles is 1. The number of esters is 1. The summed E-state index contributed by atoms with van der Waals surface area (Å²) in [7, 11) is 1.29.